The maximum Gasteiger partial charge on any atom is 0.259 e. The molecule has 1 aromatic heterocycles. The Morgan fingerprint density at radius 3 is 2.67 bits per heavy atom. The van der Waals surface area contributed by atoms with Gasteiger partial charge in [-0.3, -0.25) is 0 Å². The Hall–Kier alpha value is -0.920. The van der Waals surface area contributed by atoms with Crippen LogP contribution in [-0.2, 0) is 16.6 Å². The summed E-state index contributed by atoms with van der Waals surface area (Å²) < 4.78 is 29.2. The number of sulfonamides is 1. The second-order valence-corrected chi connectivity index (χ2v) is 7.67. The van der Waals surface area contributed by atoms with Crippen LogP contribution in [0.1, 0.15) is 44.9 Å². The second-order valence-electron chi connectivity index (χ2n) is 5.95. The molecule has 2 rings (SSSR count). The Balaban J connectivity index is 1.96. The number of rotatable bonds is 6. The third kappa shape index (κ3) is 4.28. The molecule has 0 aromatic carbocycles. The highest BCUT2D eigenvalue weighted by Gasteiger charge is 2.23. The SMILES string of the molecule is CCCn1cc(S(=O)(=O)NCC2CCC(N)CC2)nc1C. The zero-order valence-electron chi connectivity index (χ0n) is 12.9. The van der Waals surface area contributed by atoms with E-state index >= 15 is 0 Å². The van der Waals surface area contributed by atoms with E-state index in [4.69, 9.17) is 5.73 Å². The lowest BCUT2D eigenvalue weighted by molar-refractivity contribution is 0.326. The second kappa shape index (κ2) is 6.89. The first-order chi connectivity index (χ1) is 9.92. The van der Waals surface area contributed by atoms with Crippen molar-refractivity contribution in [2.75, 3.05) is 6.54 Å². The van der Waals surface area contributed by atoms with Crippen LogP contribution in [0.3, 0.4) is 0 Å². The van der Waals surface area contributed by atoms with Crippen LogP contribution in [0.25, 0.3) is 0 Å². The summed E-state index contributed by atoms with van der Waals surface area (Å²) in [4.78, 5) is 4.17. The summed E-state index contributed by atoms with van der Waals surface area (Å²) >= 11 is 0. The fraction of sp³-hybridized carbons (Fsp3) is 0.786. The van der Waals surface area contributed by atoms with Crippen molar-refractivity contribution in [3.05, 3.63) is 12.0 Å². The Bertz CT molecular complexity index is 560. The highest BCUT2D eigenvalue weighted by atomic mass is 32.2. The van der Waals surface area contributed by atoms with Gasteiger partial charge in [0.25, 0.3) is 10.0 Å². The number of nitrogens with zero attached hydrogens (tertiary/aromatic N) is 2. The van der Waals surface area contributed by atoms with E-state index in [-0.39, 0.29) is 11.1 Å². The minimum absolute atomic E-state index is 0.126. The normalized spacial score (nSPS) is 23.4. The molecule has 0 unspecified atom stereocenters. The molecule has 120 valence electrons. The molecule has 0 atom stereocenters. The van der Waals surface area contributed by atoms with Gasteiger partial charge in [-0.15, -0.1) is 0 Å². The third-order valence-corrected chi connectivity index (χ3v) is 5.44. The number of aromatic nitrogens is 2. The van der Waals surface area contributed by atoms with Crippen molar-refractivity contribution in [3.63, 3.8) is 0 Å². The number of aryl methyl sites for hydroxylation is 2. The van der Waals surface area contributed by atoms with Gasteiger partial charge in [0.1, 0.15) is 5.82 Å². The van der Waals surface area contributed by atoms with E-state index in [2.05, 4.69) is 16.6 Å². The van der Waals surface area contributed by atoms with Gasteiger partial charge < -0.3 is 10.3 Å². The number of nitrogens with one attached hydrogen (secondary N) is 1. The molecule has 0 bridgehead atoms. The number of hydrogen-bond acceptors (Lipinski definition) is 4. The van der Waals surface area contributed by atoms with E-state index < -0.39 is 10.0 Å². The van der Waals surface area contributed by atoms with E-state index in [1.165, 1.54) is 0 Å². The van der Waals surface area contributed by atoms with Gasteiger partial charge in [0, 0.05) is 25.3 Å². The predicted molar refractivity (Wildman–Crippen MR) is 82.4 cm³/mol. The minimum atomic E-state index is -3.51. The largest absolute Gasteiger partial charge is 0.334 e. The minimum Gasteiger partial charge on any atom is -0.334 e. The van der Waals surface area contributed by atoms with Crippen molar-refractivity contribution in [2.24, 2.45) is 11.7 Å². The molecule has 7 heteroatoms. The summed E-state index contributed by atoms with van der Waals surface area (Å²) in [5.74, 6) is 1.12. The van der Waals surface area contributed by atoms with Crippen molar-refractivity contribution >= 4 is 10.0 Å². The molecule has 0 spiro atoms. The van der Waals surface area contributed by atoms with E-state index in [0.29, 0.717) is 12.5 Å². The van der Waals surface area contributed by atoms with Crippen molar-refractivity contribution in [2.45, 2.75) is 63.6 Å². The smallest absolute Gasteiger partial charge is 0.259 e. The maximum absolute atomic E-state index is 12.3. The monoisotopic (exact) mass is 314 g/mol. The summed E-state index contributed by atoms with van der Waals surface area (Å²) in [6.07, 6.45) is 6.53. The lowest BCUT2D eigenvalue weighted by Crippen LogP contribution is -2.34. The molecular weight excluding hydrogens is 288 g/mol. The molecule has 0 amide bonds. The van der Waals surface area contributed by atoms with Crippen LogP contribution in [0.15, 0.2) is 11.2 Å². The number of imidazole rings is 1. The molecule has 3 N–H and O–H groups in total. The lowest BCUT2D eigenvalue weighted by atomic mass is 9.87. The Morgan fingerprint density at radius 2 is 2.05 bits per heavy atom. The Morgan fingerprint density at radius 1 is 1.38 bits per heavy atom. The molecule has 1 fully saturated rings. The first kappa shape index (κ1) is 16.5. The quantitative estimate of drug-likeness (QED) is 0.830. The predicted octanol–water partition coefficient (Wildman–Crippen LogP) is 1.40. The van der Waals surface area contributed by atoms with Crippen molar-refractivity contribution < 1.29 is 8.42 Å². The topological polar surface area (TPSA) is 90.0 Å². The van der Waals surface area contributed by atoms with Crippen LogP contribution < -0.4 is 10.5 Å². The number of nitrogens with two attached hydrogens (primary N) is 1. The van der Waals surface area contributed by atoms with Gasteiger partial charge in [-0.2, -0.15) is 0 Å². The summed E-state index contributed by atoms with van der Waals surface area (Å²) in [6, 6.07) is 0.283. The molecule has 6 nitrogen and oxygen atoms in total. The molecule has 1 aromatic rings. The molecule has 21 heavy (non-hydrogen) atoms. The molecule has 1 saturated carbocycles. The molecule has 0 radical (unpaired) electrons. The van der Waals surface area contributed by atoms with Crippen LogP contribution in [0.4, 0.5) is 0 Å². The third-order valence-electron chi connectivity index (χ3n) is 4.15. The molecule has 1 aliphatic carbocycles. The van der Waals surface area contributed by atoms with Crippen LogP contribution in [-0.4, -0.2) is 30.6 Å². The standard InChI is InChI=1S/C14H26N4O2S/c1-3-8-18-10-14(17-11(18)2)21(19,20)16-9-12-4-6-13(15)7-5-12/h10,12-13,16H,3-9,15H2,1-2H3. The van der Waals surface area contributed by atoms with Crippen LogP contribution in [0.5, 0.6) is 0 Å². The summed E-state index contributed by atoms with van der Waals surface area (Å²) in [5, 5.41) is 0.126. The fourth-order valence-corrected chi connectivity index (χ4v) is 3.89. The van der Waals surface area contributed by atoms with Crippen LogP contribution in [0.2, 0.25) is 0 Å². The van der Waals surface area contributed by atoms with Gasteiger partial charge in [-0.1, -0.05) is 6.92 Å². The fourth-order valence-electron chi connectivity index (χ4n) is 2.77. The summed E-state index contributed by atoms with van der Waals surface area (Å²) in [5.41, 5.74) is 5.87. The van der Waals surface area contributed by atoms with E-state index in [1.54, 1.807) is 6.20 Å². The highest BCUT2D eigenvalue weighted by Crippen LogP contribution is 2.23. The highest BCUT2D eigenvalue weighted by molar-refractivity contribution is 7.89. The maximum atomic E-state index is 12.3. The average molecular weight is 314 g/mol. The van der Waals surface area contributed by atoms with E-state index in [0.717, 1.165) is 44.5 Å². The van der Waals surface area contributed by atoms with Crippen molar-refractivity contribution in [1.29, 1.82) is 0 Å². The van der Waals surface area contributed by atoms with Gasteiger partial charge in [0.2, 0.25) is 0 Å². The first-order valence-corrected chi connectivity index (χ1v) is 9.19. The number of hydrogen-bond donors (Lipinski definition) is 2. The molecule has 1 heterocycles. The Kier molecular flexibility index (Phi) is 5.40. The van der Waals surface area contributed by atoms with Gasteiger partial charge >= 0.3 is 0 Å². The van der Waals surface area contributed by atoms with Gasteiger partial charge in [0.05, 0.1) is 0 Å². The van der Waals surface area contributed by atoms with Crippen molar-refractivity contribution in [3.8, 4) is 0 Å². The first-order valence-electron chi connectivity index (χ1n) is 7.71. The van der Waals surface area contributed by atoms with E-state index in [1.807, 2.05) is 11.5 Å². The zero-order valence-corrected chi connectivity index (χ0v) is 13.7. The van der Waals surface area contributed by atoms with Gasteiger partial charge in [-0.25, -0.2) is 18.1 Å². The molecule has 1 aliphatic rings. The zero-order chi connectivity index (χ0) is 15.5. The summed E-state index contributed by atoms with van der Waals surface area (Å²) in [7, 11) is -3.51. The molecule has 0 aliphatic heterocycles. The summed E-state index contributed by atoms with van der Waals surface area (Å²) in [6.45, 7) is 5.15. The molecule has 0 saturated heterocycles. The van der Waals surface area contributed by atoms with Crippen LogP contribution in [0, 0.1) is 12.8 Å². The lowest BCUT2D eigenvalue weighted by Gasteiger charge is -2.25. The van der Waals surface area contributed by atoms with Gasteiger partial charge in [0.15, 0.2) is 5.03 Å². The van der Waals surface area contributed by atoms with Crippen molar-refractivity contribution in [1.82, 2.24) is 14.3 Å². The average Bonchev–Trinajstić information content (AvgIpc) is 2.81. The Labute approximate surface area is 127 Å². The molecular formula is C14H26N4O2S. The van der Waals surface area contributed by atoms with Crippen LogP contribution >= 0.6 is 0 Å². The van der Waals surface area contributed by atoms with E-state index in [9.17, 15) is 8.42 Å². The van der Waals surface area contributed by atoms with Gasteiger partial charge in [-0.05, 0) is 44.9 Å².